The SMILES string of the molecule is CC(C)(C)c1ccc(C(=O)OCC(=O)N(CCC#N)c2ccc3c(c2)OCCO3)cc1. The van der Waals surface area contributed by atoms with Crippen molar-refractivity contribution < 1.29 is 23.8 Å². The predicted molar refractivity (Wildman–Crippen MR) is 115 cm³/mol. The van der Waals surface area contributed by atoms with Gasteiger partial charge in [0.15, 0.2) is 18.1 Å². The maximum Gasteiger partial charge on any atom is 0.338 e. The summed E-state index contributed by atoms with van der Waals surface area (Å²) in [6, 6.07) is 14.3. The van der Waals surface area contributed by atoms with Crippen LogP contribution in [-0.2, 0) is 14.9 Å². The zero-order chi connectivity index (χ0) is 22.4. The van der Waals surface area contributed by atoms with Gasteiger partial charge in [0.05, 0.1) is 18.1 Å². The lowest BCUT2D eigenvalue weighted by atomic mass is 9.87. The first-order valence-corrected chi connectivity index (χ1v) is 10.1. The number of amides is 1. The van der Waals surface area contributed by atoms with Crippen LogP contribution in [0.25, 0.3) is 0 Å². The molecule has 3 rings (SSSR count). The number of carbonyl (C=O) groups excluding carboxylic acids is 2. The molecule has 0 N–H and O–H groups in total. The van der Waals surface area contributed by atoms with Crippen LogP contribution < -0.4 is 14.4 Å². The molecule has 0 bridgehead atoms. The Morgan fingerprint density at radius 1 is 1.06 bits per heavy atom. The number of ether oxygens (including phenoxy) is 3. The summed E-state index contributed by atoms with van der Waals surface area (Å²) in [4.78, 5) is 26.6. The summed E-state index contributed by atoms with van der Waals surface area (Å²) < 4.78 is 16.3. The first-order chi connectivity index (χ1) is 14.8. The summed E-state index contributed by atoms with van der Waals surface area (Å²) in [6.45, 7) is 6.91. The molecule has 2 aromatic rings. The van der Waals surface area contributed by atoms with Gasteiger partial charge < -0.3 is 19.1 Å². The number of hydrogen-bond donors (Lipinski definition) is 0. The Balaban J connectivity index is 1.68. The molecule has 0 radical (unpaired) electrons. The summed E-state index contributed by atoms with van der Waals surface area (Å²) >= 11 is 0. The Bertz CT molecular complexity index is 987. The van der Waals surface area contributed by atoms with Gasteiger partial charge in [-0.25, -0.2) is 4.79 Å². The first kappa shape index (κ1) is 22.2. The van der Waals surface area contributed by atoms with E-state index in [0.29, 0.717) is 36.0 Å². The predicted octanol–water partition coefficient (Wildman–Crippen LogP) is 3.86. The molecule has 0 unspecified atom stereocenters. The van der Waals surface area contributed by atoms with Gasteiger partial charge in [0.25, 0.3) is 5.91 Å². The Kier molecular flexibility index (Phi) is 6.81. The molecular formula is C24H26N2O5. The smallest absolute Gasteiger partial charge is 0.338 e. The molecule has 31 heavy (non-hydrogen) atoms. The van der Waals surface area contributed by atoms with Crippen LogP contribution in [0.5, 0.6) is 11.5 Å². The average Bonchev–Trinajstić information content (AvgIpc) is 2.77. The van der Waals surface area contributed by atoms with E-state index in [0.717, 1.165) is 5.56 Å². The number of nitrogens with zero attached hydrogens (tertiary/aromatic N) is 2. The average molecular weight is 422 g/mol. The number of anilines is 1. The molecule has 0 spiro atoms. The van der Waals surface area contributed by atoms with Crippen molar-refractivity contribution in [1.82, 2.24) is 0 Å². The van der Waals surface area contributed by atoms with E-state index in [9.17, 15) is 9.59 Å². The van der Waals surface area contributed by atoms with E-state index < -0.39 is 18.5 Å². The fourth-order valence-electron chi connectivity index (χ4n) is 3.15. The monoisotopic (exact) mass is 422 g/mol. The van der Waals surface area contributed by atoms with Gasteiger partial charge in [-0.3, -0.25) is 4.79 Å². The number of hydrogen-bond acceptors (Lipinski definition) is 6. The molecule has 0 saturated heterocycles. The Morgan fingerprint density at radius 3 is 2.39 bits per heavy atom. The number of rotatable bonds is 6. The molecule has 1 heterocycles. The molecule has 0 fully saturated rings. The Labute approximate surface area is 182 Å². The second-order valence-electron chi connectivity index (χ2n) is 8.18. The highest BCUT2D eigenvalue weighted by Gasteiger charge is 2.21. The Hall–Kier alpha value is -3.53. The highest BCUT2D eigenvalue weighted by atomic mass is 16.6. The zero-order valence-electron chi connectivity index (χ0n) is 18.0. The molecule has 2 aromatic carbocycles. The summed E-state index contributed by atoms with van der Waals surface area (Å²) in [5, 5.41) is 8.96. The van der Waals surface area contributed by atoms with E-state index in [1.165, 1.54) is 4.90 Å². The highest BCUT2D eigenvalue weighted by molar-refractivity contribution is 5.97. The number of esters is 1. The van der Waals surface area contributed by atoms with Gasteiger partial charge in [0, 0.05) is 18.3 Å². The molecule has 0 aliphatic carbocycles. The van der Waals surface area contributed by atoms with Gasteiger partial charge in [0.1, 0.15) is 13.2 Å². The van der Waals surface area contributed by atoms with Crippen molar-refractivity contribution >= 4 is 17.6 Å². The lowest BCUT2D eigenvalue weighted by Gasteiger charge is -2.24. The van der Waals surface area contributed by atoms with Crippen LogP contribution in [0, 0.1) is 11.3 Å². The van der Waals surface area contributed by atoms with Gasteiger partial charge in [-0.1, -0.05) is 32.9 Å². The second-order valence-corrected chi connectivity index (χ2v) is 8.18. The van der Waals surface area contributed by atoms with Crippen molar-refractivity contribution in [2.24, 2.45) is 0 Å². The molecule has 1 aliphatic rings. The molecular weight excluding hydrogens is 396 g/mol. The van der Waals surface area contributed by atoms with Crippen molar-refractivity contribution in [3.8, 4) is 17.6 Å². The topological polar surface area (TPSA) is 88.9 Å². The van der Waals surface area contributed by atoms with E-state index >= 15 is 0 Å². The number of carbonyl (C=O) groups is 2. The van der Waals surface area contributed by atoms with Crippen LogP contribution >= 0.6 is 0 Å². The van der Waals surface area contributed by atoms with Gasteiger partial charge >= 0.3 is 5.97 Å². The van der Waals surface area contributed by atoms with Crippen molar-refractivity contribution in [3.05, 3.63) is 53.6 Å². The van der Waals surface area contributed by atoms with Crippen LogP contribution in [0.3, 0.4) is 0 Å². The Morgan fingerprint density at radius 2 is 1.74 bits per heavy atom. The van der Waals surface area contributed by atoms with Crippen LogP contribution in [-0.4, -0.2) is 38.2 Å². The van der Waals surface area contributed by atoms with E-state index in [1.807, 2.05) is 18.2 Å². The molecule has 7 nitrogen and oxygen atoms in total. The number of benzene rings is 2. The minimum absolute atomic E-state index is 0.0245. The van der Waals surface area contributed by atoms with Crippen molar-refractivity contribution in [1.29, 1.82) is 5.26 Å². The van der Waals surface area contributed by atoms with E-state index in [2.05, 4.69) is 20.8 Å². The van der Waals surface area contributed by atoms with E-state index in [4.69, 9.17) is 19.5 Å². The molecule has 1 aliphatic heterocycles. The van der Waals surface area contributed by atoms with Gasteiger partial charge in [-0.05, 0) is 35.2 Å². The normalized spacial score (nSPS) is 12.6. The third-order valence-corrected chi connectivity index (χ3v) is 4.90. The summed E-state index contributed by atoms with van der Waals surface area (Å²) in [5.74, 6) is 0.144. The second kappa shape index (κ2) is 9.52. The molecule has 162 valence electrons. The van der Waals surface area contributed by atoms with E-state index in [-0.39, 0.29) is 18.4 Å². The fraction of sp³-hybridized carbons (Fsp3) is 0.375. The largest absolute Gasteiger partial charge is 0.486 e. The quantitative estimate of drug-likeness (QED) is 0.657. The van der Waals surface area contributed by atoms with Gasteiger partial charge in [0.2, 0.25) is 0 Å². The minimum atomic E-state index is -0.573. The maximum absolute atomic E-state index is 12.8. The van der Waals surface area contributed by atoms with Crippen LogP contribution in [0.4, 0.5) is 5.69 Å². The number of nitriles is 1. The summed E-state index contributed by atoms with van der Waals surface area (Å²) in [5.41, 5.74) is 2.00. The summed E-state index contributed by atoms with van der Waals surface area (Å²) in [7, 11) is 0. The van der Waals surface area contributed by atoms with Gasteiger partial charge in [-0.15, -0.1) is 0 Å². The standard InChI is InChI=1S/C24H26N2O5/c1-24(2,3)18-7-5-17(6-8-18)23(28)31-16-22(27)26(12-4-11-25)19-9-10-20-21(15-19)30-14-13-29-20/h5-10,15H,4,12-14,16H2,1-3H3. The first-order valence-electron chi connectivity index (χ1n) is 10.1. The maximum atomic E-state index is 12.8. The molecule has 0 atom stereocenters. The fourth-order valence-corrected chi connectivity index (χ4v) is 3.15. The van der Waals surface area contributed by atoms with Crippen LogP contribution in [0.15, 0.2) is 42.5 Å². The minimum Gasteiger partial charge on any atom is -0.486 e. The van der Waals surface area contributed by atoms with Gasteiger partial charge in [-0.2, -0.15) is 5.26 Å². The number of fused-ring (bicyclic) bond motifs is 1. The molecule has 0 aromatic heterocycles. The van der Waals surface area contributed by atoms with Crippen molar-refractivity contribution in [2.75, 3.05) is 31.3 Å². The lowest BCUT2D eigenvalue weighted by Crippen LogP contribution is -2.35. The highest BCUT2D eigenvalue weighted by Crippen LogP contribution is 2.34. The summed E-state index contributed by atoms with van der Waals surface area (Å²) in [6.07, 6.45) is 0.141. The lowest BCUT2D eigenvalue weighted by molar-refractivity contribution is -0.121. The molecule has 7 heteroatoms. The van der Waals surface area contributed by atoms with E-state index in [1.54, 1.807) is 30.3 Å². The van der Waals surface area contributed by atoms with Crippen LogP contribution in [0.1, 0.15) is 43.1 Å². The van der Waals surface area contributed by atoms with Crippen molar-refractivity contribution in [3.63, 3.8) is 0 Å². The molecule has 1 amide bonds. The van der Waals surface area contributed by atoms with Crippen molar-refractivity contribution in [2.45, 2.75) is 32.6 Å². The zero-order valence-corrected chi connectivity index (χ0v) is 18.0. The third-order valence-electron chi connectivity index (χ3n) is 4.90. The van der Waals surface area contributed by atoms with Crippen LogP contribution in [0.2, 0.25) is 0 Å². The third kappa shape index (κ3) is 5.54. The molecule has 0 saturated carbocycles.